The van der Waals surface area contributed by atoms with Crippen molar-refractivity contribution >= 4 is 0 Å². The van der Waals surface area contributed by atoms with E-state index >= 15 is 0 Å². The Balaban J connectivity index is 1.88. The van der Waals surface area contributed by atoms with Crippen LogP contribution in [0.5, 0.6) is 0 Å². The van der Waals surface area contributed by atoms with Crippen molar-refractivity contribution in [1.82, 2.24) is 5.32 Å². The van der Waals surface area contributed by atoms with Crippen LogP contribution in [0.3, 0.4) is 0 Å². The summed E-state index contributed by atoms with van der Waals surface area (Å²) in [6.07, 6.45) is 9.93. The van der Waals surface area contributed by atoms with Gasteiger partial charge in [-0.05, 0) is 25.7 Å². The predicted octanol–water partition coefficient (Wildman–Crippen LogP) is 1.84. The summed E-state index contributed by atoms with van der Waals surface area (Å²) in [6, 6.07) is 0.618. The van der Waals surface area contributed by atoms with Crippen LogP contribution >= 0.6 is 0 Å². The fourth-order valence-corrected chi connectivity index (χ4v) is 2.97. The lowest BCUT2D eigenvalue weighted by molar-refractivity contribution is 0.00570. The van der Waals surface area contributed by atoms with Gasteiger partial charge in [-0.15, -0.1) is 0 Å². The lowest BCUT2D eigenvalue weighted by Gasteiger charge is -2.39. The molecule has 0 bridgehead atoms. The quantitative estimate of drug-likeness (QED) is 0.723. The summed E-state index contributed by atoms with van der Waals surface area (Å²) in [5.41, 5.74) is -0.0484. The molecule has 0 radical (unpaired) electrons. The van der Waals surface area contributed by atoms with Gasteiger partial charge in [-0.25, -0.2) is 0 Å². The number of nitrogens with one attached hydrogen (secondary N) is 1. The van der Waals surface area contributed by atoms with E-state index in [4.69, 9.17) is 4.74 Å². The summed E-state index contributed by atoms with van der Waals surface area (Å²) in [7, 11) is 0. The number of ether oxygens (including phenoxy) is 1. The summed E-state index contributed by atoms with van der Waals surface area (Å²) in [6.45, 7) is 1.84. The zero-order valence-corrected chi connectivity index (χ0v) is 10.2. The average molecular weight is 227 g/mol. The average Bonchev–Trinajstić information content (AvgIpc) is 2.59. The third-order valence-electron chi connectivity index (χ3n) is 4.12. The molecule has 2 rings (SSSR count). The zero-order valence-electron chi connectivity index (χ0n) is 10.2. The molecule has 0 aromatic carbocycles. The van der Waals surface area contributed by atoms with Gasteiger partial charge in [0.05, 0.1) is 6.61 Å². The van der Waals surface area contributed by atoms with Crippen LogP contribution in [0.25, 0.3) is 0 Å². The van der Waals surface area contributed by atoms with Gasteiger partial charge in [-0.3, -0.25) is 0 Å². The van der Waals surface area contributed by atoms with Crippen LogP contribution in [0.1, 0.15) is 51.4 Å². The molecule has 0 aromatic heterocycles. The van der Waals surface area contributed by atoms with E-state index in [1.54, 1.807) is 0 Å². The zero-order chi connectivity index (χ0) is 11.3. The minimum atomic E-state index is -0.0484. The molecule has 1 aliphatic carbocycles. The van der Waals surface area contributed by atoms with Crippen molar-refractivity contribution in [2.24, 2.45) is 0 Å². The van der Waals surface area contributed by atoms with Gasteiger partial charge < -0.3 is 15.2 Å². The molecule has 0 amide bonds. The minimum Gasteiger partial charge on any atom is -0.394 e. The molecule has 1 saturated heterocycles. The van der Waals surface area contributed by atoms with E-state index in [1.165, 1.54) is 38.5 Å². The van der Waals surface area contributed by atoms with Crippen molar-refractivity contribution in [3.05, 3.63) is 0 Å². The van der Waals surface area contributed by atoms with Crippen LogP contribution in [0, 0.1) is 0 Å². The second-order valence-electron chi connectivity index (χ2n) is 5.38. The lowest BCUT2D eigenvalue weighted by atomic mass is 9.89. The predicted molar refractivity (Wildman–Crippen MR) is 64.5 cm³/mol. The standard InChI is InChI=1S/C13H25NO2/c15-11-13(7-9-16-10-8-13)14-12-5-3-1-2-4-6-12/h12,14-15H,1-11H2. The largest absolute Gasteiger partial charge is 0.394 e. The maximum absolute atomic E-state index is 9.62. The van der Waals surface area contributed by atoms with Crippen molar-refractivity contribution < 1.29 is 9.84 Å². The topological polar surface area (TPSA) is 41.5 Å². The molecule has 0 atom stereocenters. The number of aliphatic hydroxyl groups is 1. The number of aliphatic hydroxyl groups excluding tert-OH is 1. The Morgan fingerprint density at radius 3 is 2.25 bits per heavy atom. The van der Waals surface area contributed by atoms with Crippen molar-refractivity contribution in [1.29, 1.82) is 0 Å². The Labute approximate surface area is 98.6 Å². The number of rotatable bonds is 3. The Kier molecular flexibility index (Phi) is 4.62. The molecule has 16 heavy (non-hydrogen) atoms. The van der Waals surface area contributed by atoms with Gasteiger partial charge in [0.2, 0.25) is 0 Å². The van der Waals surface area contributed by atoms with Crippen LogP contribution in [-0.2, 0) is 4.74 Å². The highest BCUT2D eigenvalue weighted by atomic mass is 16.5. The fourth-order valence-electron chi connectivity index (χ4n) is 2.97. The maximum atomic E-state index is 9.62. The van der Waals surface area contributed by atoms with E-state index < -0.39 is 0 Å². The summed E-state index contributed by atoms with van der Waals surface area (Å²) in [5, 5.41) is 13.4. The summed E-state index contributed by atoms with van der Waals surface area (Å²) >= 11 is 0. The highest BCUT2D eigenvalue weighted by Crippen LogP contribution is 2.25. The van der Waals surface area contributed by atoms with Crippen molar-refractivity contribution in [3.63, 3.8) is 0 Å². The number of hydrogen-bond donors (Lipinski definition) is 2. The van der Waals surface area contributed by atoms with Crippen molar-refractivity contribution in [3.8, 4) is 0 Å². The highest BCUT2D eigenvalue weighted by Gasteiger charge is 2.33. The first kappa shape index (κ1) is 12.3. The second-order valence-corrected chi connectivity index (χ2v) is 5.38. The third-order valence-corrected chi connectivity index (χ3v) is 4.12. The molecule has 2 aliphatic rings. The first-order valence-electron chi connectivity index (χ1n) is 6.81. The summed E-state index contributed by atoms with van der Waals surface area (Å²) in [4.78, 5) is 0. The Bertz CT molecular complexity index is 194. The molecule has 1 heterocycles. The van der Waals surface area contributed by atoms with Crippen LogP contribution in [0.4, 0.5) is 0 Å². The molecule has 3 heteroatoms. The SMILES string of the molecule is OCC1(NC2CCCCCC2)CCOCC1. The fraction of sp³-hybridized carbons (Fsp3) is 1.00. The van der Waals surface area contributed by atoms with E-state index in [-0.39, 0.29) is 12.1 Å². The van der Waals surface area contributed by atoms with E-state index in [0.717, 1.165) is 26.1 Å². The van der Waals surface area contributed by atoms with E-state index in [1.807, 2.05) is 0 Å². The molecule has 1 aliphatic heterocycles. The second kappa shape index (κ2) is 5.99. The first-order chi connectivity index (χ1) is 7.85. The van der Waals surface area contributed by atoms with Crippen LogP contribution < -0.4 is 5.32 Å². The highest BCUT2D eigenvalue weighted by molar-refractivity contribution is 4.92. The Morgan fingerprint density at radius 2 is 1.69 bits per heavy atom. The maximum Gasteiger partial charge on any atom is 0.0615 e. The van der Waals surface area contributed by atoms with Gasteiger partial charge in [0.1, 0.15) is 0 Å². The van der Waals surface area contributed by atoms with Crippen LogP contribution in [0.15, 0.2) is 0 Å². The van der Waals surface area contributed by atoms with Gasteiger partial charge >= 0.3 is 0 Å². The normalized spacial score (nSPS) is 27.6. The van der Waals surface area contributed by atoms with E-state index in [2.05, 4.69) is 5.32 Å². The molecule has 0 aromatic rings. The van der Waals surface area contributed by atoms with E-state index in [9.17, 15) is 5.11 Å². The van der Waals surface area contributed by atoms with Gasteiger partial charge in [-0.1, -0.05) is 25.7 Å². The Morgan fingerprint density at radius 1 is 1.06 bits per heavy atom. The van der Waals surface area contributed by atoms with Crippen molar-refractivity contribution in [2.45, 2.75) is 62.9 Å². The number of hydrogen-bond acceptors (Lipinski definition) is 3. The van der Waals surface area contributed by atoms with Crippen LogP contribution in [0.2, 0.25) is 0 Å². The van der Waals surface area contributed by atoms with Crippen LogP contribution in [-0.4, -0.2) is 36.5 Å². The molecule has 0 spiro atoms. The van der Waals surface area contributed by atoms with Gasteiger partial charge in [-0.2, -0.15) is 0 Å². The molecule has 2 N–H and O–H groups in total. The summed E-state index contributed by atoms with van der Waals surface area (Å²) in [5.74, 6) is 0. The van der Waals surface area contributed by atoms with Gasteiger partial charge in [0, 0.05) is 24.8 Å². The minimum absolute atomic E-state index is 0.0484. The molecule has 94 valence electrons. The van der Waals surface area contributed by atoms with Gasteiger partial charge in [0.15, 0.2) is 0 Å². The molecule has 2 fully saturated rings. The van der Waals surface area contributed by atoms with Gasteiger partial charge in [0.25, 0.3) is 0 Å². The Hall–Kier alpha value is -0.120. The molecule has 1 saturated carbocycles. The molecule has 0 unspecified atom stereocenters. The smallest absolute Gasteiger partial charge is 0.0615 e. The monoisotopic (exact) mass is 227 g/mol. The molecule has 3 nitrogen and oxygen atoms in total. The molecular weight excluding hydrogens is 202 g/mol. The van der Waals surface area contributed by atoms with E-state index in [0.29, 0.717) is 6.04 Å². The first-order valence-corrected chi connectivity index (χ1v) is 6.81. The van der Waals surface area contributed by atoms with Crippen molar-refractivity contribution in [2.75, 3.05) is 19.8 Å². The molecular formula is C13H25NO2. The lowest BCUT2D eigenvalue weighted by Crippen LogP contribution is -2.55. The summed E-state index contributed by atoms with van der Waals surface area (Å²) < 4.78 is 5.39. The third kappa shape index (κ3) is 3.19.